The molecule has 0 aliphatic heterocycles. The van der Waals surface area contributed by atoms with E-state index in [1.807, 2.05) is 13.8 Å². The molecule has 0 aliphatic carbocycles. The van der Waals surface area contributed by atoms with Gasteiger partial charge in [0, 0.05) is 12.5 Å². The summed E-state index contributed by atoms with van der Waals surface area (Å²) in [7, 11) is 0. The van der Waals surface area contributed by atoms with Crippen LogP contribution >= 0.6 is 0 Å². The topological polar surface area (TPSA) is 64.9 Å². The molecule has 1 aromatic heterocycles. The Labute approximate surface area is 84.9 Å². The number of aromatic nitrogens is 2. The zero-order chi connectivity index (χ0) is 10.7. The van der Waals surface area contributed by atoms with Gasteiger partial charge < -0.3 is 10.3 Å². The fraction of sp³-hybridized carbons (Fsp3) is 0.800. The normalized spacial score (nSPS) is 15.9. The van der Waals surface area contributed by atoms with Crippen molar-refractivity contribution < 1.29 is 4.52 Å². The Hall–Kier alpha value is -0.900. The average Bonchev–Trinajstić information content (AvgIpc) is 2.51. The van der Waals surface area contributed by atoms with Gasteiger partial charge in [-0.25, -0.2) is 0 Å². The predicted molar refractivity (Wildman–Crippen MR) is 54.9 cm³/mol. The standard InChI is InChI=1S/C10H19N3O/c1-5-8-12-10(14-13-8)9(6(2)3)7(4)11/h6-7,9H,5,11H2,1-4H3. The Morgan fingerprint density at radius 1 is 1.36 bits per heavy atom. The number of hydrogen-bond donors (Lipinski definition) is 1. The van der Waals surface area contributed by atoms with Gasteiger partial charge in [-0.2, -0.15) is 4.98 Å². The van der Waals surface area contributed by atoms with Crippen LogP contribution in [0.2, 0.25) is 0 Å². The molecule has 0 saturated carbocycles. The third kappa shape index (κ3) is 2.32. The first-order valence-electron chi connectivity index (χ1n) is 5.14. The van der Waals surface area contributed by atoms with E-state index in [0.29, 0.717) is 11.8 Å². The van der Waals surface area contributed by atoms with Gasteiger partial charge in [0.25, 0.3) is 0 Å². The molecule has 0 radical (unpaired) electrons. The molecule has 2 N–H and O–H groups in total. The third-order valence-electron chi connectivity index (χ3n) is 2.37. The fourth-order valence-corrected chi connectivity index (χ4v) is 1.66. The van der Waals surface area contributed by atoms with Crippen molar-refractivity contribution >= 4 is 0 Å². The highest BCUT2D eigenvalue weighted by molar-refractivity contribution is 4.99. The lowest BCUT2D eigenvalue weighted by molar-refractivity contribution is 0.298. The first-order valence-corrected chi connectivity index (χ1v) is 5.14. The molecule has 0 bridgehead atoms. The monoisotopic (exact) mass is 197 g/mol. The van der Waals surface area contributed by atoms with Gasteiger partial charge in [0.15, 0.2) is 5.82 Å². The summed E-state index contributed by atoms with van der Waals surface area (Å²) in [4.78, 5) is 4.31. The molecule has 0 amide bonds. The Bertz CT molecular complexity index is 273. The van der Waals surface area contributed by atoms with Gasteiger partial charge in [-0.3, -0.25) is 0 Å². The van der Waals surface area contributed by atoms with Crippen molar-refractivity contribution in [2.24, 2.45) is 11.7 Å². The molecule has 14 heavy (non-hydrogen) atoms. The highest BCUT2D eigenvalue weighted by Gasteiger charge is 2.25. The Morgan fingerprint density at radius 3 is 2.36 bits per heavy atom. The fourth-order valence-electron chi connectivity index (χ4n) is 1.66. The first-order chi connectivity index (χ1) is 6.56. The highest BCUT2D eigenvalue weighted by atomic mass is 16.5. The Kier molecular flexibility index (Phi) is 3.63. The molecule has 2 atom stereocenters. The van der Waals surface area contributed by atoms with E-state index in [-0.39, 0.29) is 12.0 Å². The number of hydrogen-bond acceptors (Lipinski definition) is 4. The number of aryl methyl sites for hydroxylation is 1. The van der Waals surface area contributed by atoms with Crippen LogP contribution in [0.25, 0.3) is 0 Å². The quantitative estimate of drug-likeness (QED) is 0.798. The summed E-state index contributed by atoms with van der Waals surface area (Å²) < 4.78 is 5.20. The maximum atomic E-state index is 5.89. The summed E-state index contributed by atoms with van der Waals surface area (Å²) in [5.41, 5.74) is 5.89. The summed E-state index contributed by atoms with van der Waals surface area (Å²) in [5.74, 6) is 2.00. The van der Waals surface area contributed by atoms with Crippen LogP contribution in [0.5, 0.6) is 0 Å². The van der Waals surface area contributed by atoms with Crippen molar-refractivity contribution in [3.63, 3.8) is 0 Å². The van der Waals surface area contributed by atoms with Gasteiger partial charge in [-0.1, -0.05) is 25.9 Å². The van der Waals surface area contributed by atoms with E-state index < -0.39 is 0 Å². The summed E-state index contributed by atoms with van der Waals surface area (Å²) in [6.45, 7) is 8.21. The second kappa shape index (κ2) is 4.55. The van der Waals surface area contributed by atoms with Crippen molar-refractivity contribution in [2.75, 3.05) is 0 Å². The van der Waals surface area contributed by atoms with Crippen LogP contribution in [0, 0.1) is 5.92 Å². The van der Waals surface area contributed by atoms with E-state index in [1.165, 1.54) is 0 Å². The molecule has 0 aromatic carbocycles. The number of nitrogens with two attached hydrogens (primary N) is 1. The molecule has 4 heteroatoms. The summed E-state index contributed by atoms with van der Waals surface area (Å²) in [6.07, 6.45) is 0.799. The van der Waals surface area contributed by atoms with E-state index in [0.717, 1.165) is 12.2 Å². The van der Waals surface area contributed by atoms with E-state index in [1.54, 1.807) is 0 Å². The van der Waals surface area contributed by atoms with Crippen molar-refractivity contribution in [2.45, 2.75) is 46.1 Å². The van der Waals surface area contributed by atoms with Gasteiger partial charge in [0.2, 0.25) is 5.89 Å². The smallest absolute Gasteiger partial charge is 0.231 e. The minimum absolute atomic E-state index is 0.0418. The van der Waals surface area contributed by atoms with Gasteiger partial charge in [0.05, 0.1) is 5.92 Å². The molecule has 0 fully saturated rings. The minimum Gasteiger partial charge on any atom is -0.339 e. The van der Waals surface area contributed by atoms with Crippen LogP contribution in [0.4, 0.5) is 0 Å². The molecule has 0 spiro atoms. The van der Waals surface area contributed by atoms with E-state index >= 15 is 0 Å². The third-order valence-corrected chi connectivity index (χ3v) is 2.37. The summed E-state index contributed by atoms with van der Waals surface area (Å²) >= 11 is 0. The maximum absolute atomic E-state index is 5.89. The molecule has 1 aromatic rings. The molecule has 0 aliphatic rings. The SMILES string of the molecule is CCc1noc(C(C(C)C)C(C)N)n1. The molecular formula is C10H19N3O. The van der Waals surface area contributed by atoms with Crippen LogP contribution in [-0.4, -0.2) is 16.2 Å². The molecule has 1 rings (SSSR count). The minimum atomic E-state index is 0.0418. The summed E-state index contributed by atoms with van der Waals surface area (Å²) in [6, 6.07) is 0.0418. The van der Waals surface area contributed by atoms with Crippen LogP contribution in [0.15, 0.2) is 4.52 Å². The van der Waals surface area contributed by atoms with Crippen LogP contribution < -0.4 is 5.73 Å². The predicted octanol–water partition coefficient (Wildman–Crippen LogP) is 1.72. The van der Waals surface area contributed by atoms with Gasteiger partial charge in [-0.05, 0) is 12.8 Å². The van der Waals surface area contributed by atoms with Gasteiger partial charge in [-0.15, -0.1) is 0 Å². The Morgan fingerprint density at radius 2 is 2.00 bits per heavy atom. The van der Waals surface area contributed by atoms with Crippen molar-refractivity contribution in [1.29, 1.82) is 0 Å². The molecule has 80 valence electrons. The van der Waals surface area contributed by atoms with E-state index in [9.17, 15) is 0 Å². The second-order valence-corrected chi connectivity index (χ2v) is 4.03. The lowest BCUT2D eigenvalue weighted by Crippen LogP contribution is -2.28. The van der Waals surface area contributed by atoms with Gasteiger partial charge in [0.1, 0.15) is 0 Å². The maximum Gasteiger partial charge on any atom is 0.231 e. The average molecular weight is 197 g/mol. The first kappa shape index (κ1) is 11.2. The highest BCUT2D eigenvalue weighted by Crippen LogP contribution is 2.25. The zero-order valence-electron chi connectivity index (χ0n) is 9.32. The number of rotatable bonds is 4. The largest absolute Gasteiger partial charge is 0.339 e. The van der Waals surface area contributed by atoms with Crippen LogP contribution in [0.3, 0.4) is 0 Å². The van der Waals surface area contributed by atoms with Crippen molar-refractivity contribution in [3.05, 3.63) is 11.7 Å². The molecule has 0 saturated heterocycles. The van der Waals surface area contributed by atoms with Crippen molar-refractivity contribution in [3.8, 4) is 0 Å². The van der Waals surface area contributed by atoms with Crippen molar-refractivity contribution in [1.82, 2.24) is 10.1 Å². The molecule has 2 unspecified atom stereocenters. The summed E-state index contributed by atoms with van der Waals surface area (Å²) in [5, 5.41) is 3.88. The molecular weight excluding hydrogens is 178 g/mol. The van der Waals surface area contributed by atoms with Crippen LogP contribution in [0.1, 0.15) is 45.3 Å². The molecule has 1 heterocycles. The second-order valence-electron chi connectivity index (χ2n) is 4.03. The zero-order valence-corrected chi connectivity index (χ0v) is 9.32. The number of nitrogens with zero attached hydrogens (tertiary/aromatic N) is 2. The molecule has 4 nitrogen and oxygen atoms in total. The van der Waals surface area contributed by atoms with Gasteiger partial charge >= 0.3 is 0 Å². The Balaban J connectivity index is 2.88. The van der Waals surface area contributed by atoms with Crippen LogP contribution in [-0.2, 0) is 6.42 Å². The lowest BCUT2D eigenvalue weighted by Gasteiger charge is -2.20. The lowest BCUT2D eigenvalue weighted by atomic mass is 9.90. The van der Waals surface area contributed by atoms with E-state index in [2.05, 4.69) is 24.0 Å². The van der Waals surface area contributed by atoms with E-state index in [4.69, 9.17) is 10.3 Å².